The van der Waals surface area contributed by atoms with Crippen molar-refractivity contribution in [2.75, 3.05) is 23.7 Å². The highest BCUT2D eigenvalue weighted by Crippen LogP contribution is 2.37. The highest BCUT2D eigenvalue weighted by molar-refractivity contribution is 7.92. The highest BCUT2D eigenvalue weighted by Gasteiger charge is 2.36. The summed E-state index contributed by atoms with van der Waals surface area (Å²) in [5.41, 5.74) is -1.23. The van der Waals surface area contributed by atoms with Crippen LogP contribution >= 0.6 is 34.8 Å². The second kappa shape index (κ2) is 13.9. The summed E-state index contributed by atoms with van der Waals surface area (Å²) in [6, 6.07) is 6.09. The molecule has 0 bridgehead atoms. The van der Waals surface area contributed by atoms with Crippen molar-refractivity contribution < 1.29 is 31.2 Å². The third-order valence-corrected chi connectivity index (χ3v) is 7.85. The SMILES string of the molecule is CCCCNC(=O)[C@H](CC)N(Cc1ccc(Cl)cc1Cl)C(=O)CN(c1ccc(Cl)c(C(F)(F)F)c1)S(C)(=O)=O. The van der Waals surface area contributed by atoms with Gasteiger partial charge in [0.2, 0.25) is 21.8 Å². The molecule has 0 radical (unpaired) electrons. The van der Waals surface area contributed by atoms with Gasteiger partial charge in [0.15, 0.2) is 0 Å². The first-order valence-electron chi connectivity index (χ1n) is 12.0. The Morgan fingerprint density at radius 3 is 2.23 bits per heavy atom. The standard InChI is InChI=1S/C25H29Cl3F3N3O4S/c1-4-6-11-32-24(36)22(5-2)33(14-16-7-8-17(26)12-21(16)28)23(35)15-34(39(3,37)38)18-9-10-20(27)19(13-18)25(29,30)31/h7-10,12-13,22H,4-6,11,14-15H2,1-3H3,(H,32,36)/t22-/m0/s1. The molecule has 2 aromatic carbocycles. The molecule has 0 saturated carbocycles. The Hall–Kier alpha value is -2.21. The number of sulfonamides is 1. The fourth-order valence-corrected chi connectivity index (χ4v) is 5.29. The van der Waals surface area contributed by atoms with E-state index in [0.29, 0.717) is 33.9 Å². The normalized spacial score (nSPS) is 12.6. The van der Waals surface area contributed by atoms with Crippen molar-refractivity contribution in [1.82, 2.24) is 10.2 Å². The molecule has 0 heterocycles. The highest BCUT2D eigenvalue weighted by atomic mass is 35.5. The van der Waals surface area contributed by atoms with Crippen molar-refractivity contribution in [2.45, 2.75) is 51.9 Å². The molecule has 0 aromatic heterocycles. The Labute approximate surface area is 241 Å². The number of unbranched alkanes of at least 4 members (excludes halogenated alkanes) is 1. The zero-order chi connectivity index (χ0) is 29.5. The van der Waals surface area contributed by atoms with Crippen LogP contribution in [0.2, 0.25) is 15.1 Å². The smallest absolute Gasteiger partial charge is 0.354 e. The van der Waals surface area contributed by atoms with Gasteiger partial charge in [-0.05, 0) is 48.7 Å². The lowest BCUT2D eigenvalue weighted by Crippen LogP contribution is -2.52. The number of anilines is 1. The molecule has 0 spiro atoms. The Morgan fingerprint density at radius 1 is 1.03 bits per heavy atom. The number of halogens is 6. The van der Waals surface area contributed by atoms with Gasteiger partial charge in [-0.1, -0.05) is 61.1 Å². The summed E-state index contributed by atoms with van der Waals surface area (Å²) < 4.78 is 66.2. The van der Waals surface area contributed by atoms with E-state index in [9.17, 15) is 31.2 Å². The molecule has 0 saturated heterocycles. The van der Waals surface area contributed by atoms with Gasteiger partial charge >= 0.3 is 6.18 Å². The number of hydrogen-bond donors (Lipinski definition) is 1. The van der Waals surface area contributed by atoms with E-state index < -0.39 is 56.9 Å². The number of benzene rings is 2. The maximum absolute atomic E-state index is 13.7. The molecule has 0 fully saturated rings. The predicted molar refractivity (Wildman–Crippen MR) is 148 cm³/mol. The van der Waals surface area contributed by atoms with E-state index in [-0.39, 0.29) is 18.0 Å². The molecule has 7 nitrogen and oxygen atoms in total. The van der Waals surface area contributed by atoms with Crippen molar-refractivity contribution in [2.24, 2.45) is 0 Å². The summed E-state index contributed by atoms with van der Waals surface area (Å²) in [4.78, 5) is 27.9. The van der Waals surface area contributed by atoms with Crippen LogP contribution in [0.3, 0.4) is 0 Å². The van der Waals surface area contributed by atoms with Crippen LogP contribution in [0.15, 0.2) is 36.4 Å². The van der Waals surface area contributed by atoms with Crippen molar-refractivity contribution in [1.29, 1.82) is 0 Å². The van der Waals surface area contributed by atoms with Crippen LogP contribution in [0.4, 0.5) is 18.9 Å². The predicted octanol–water partition coefficient (Wildman–Crippen LogP) is 6.16. The summed E-state index contributed by atoms with van der Waals surface area (Å²) >= 11 is 18.0. The van der Waals surface area contributed by atoms with E-state index >= 15 is 0 Å². The number of nitrogens with zero attached hydrogens (tertiary/aromatic N) is 2. The monoisotopic (exact) mass is 629 g/mol. The van der Waals surface area contributed by atoms with Crippen LogP contribution in [-0.4, -0.2) is 50.5 Å². The number of amides is 2. The Balaban J connectivity index is 2.53. The average Bonchev–Trinajstić information content (AvgIpc) is 2.82. The first kappa shape index (κ1) is 33.0. The van der Waals surface area contributed by atoms with E-state index in [1.54, 1.807) is 19.1 Å². The number of carbonyl (C=O) groups is 2. The first-order chi connectivity index (χ1) is 18.1. The van der Waals surface area contributed by atoms with Gasteiger partial charge in [-0.2, -0.15) is 13.2 Å². The maximum Gasteiger partial charge on any atom is 0.417 e. The van der Waals surface area contributed by atoms with Crippen LogP contribution in [0.25, 0.3) is 0 Å². The number of rotatable bonds is 12. The third-order valence-electron chi connectivity index (χ3n) is 5.79. The van der Waals surface area contributed by atoms with Gasteiger partial charge < -0.3 is 10.2 Å². The summed E-state index contributed by atoms with van der Waals surface area (Å²) in [7, 11) is -4.25. The molecule has 2 amide bonds. The molecule has 0 aliphatic rings. The van der Waals surface area contributed by atoms with Gasteiger partial charge in [-0.15, -0.1) is 0 Å². The van der Waals surface area contributed by atoms with Gasteiger partial charge in [0.05, 0.1) is 22.5 Å². The molecule has 216 valence electrons. The summed E-state index contributed by atoms with van der Waals surface area (Å²) in [5.74, 6) is -1.28. The van der Waals surface area contributed by atoms with Crippen LogP contribution in [0, 0.1) is 0 Å². The van der Waals surface area contributed by atoms with E-state index in [1.807, 2.05) is 6.92 Å². The molecule has 1 atom stereocenters. The minimum atomic E-state index is -4.86. The molecular formula is C25H29Cl3F3N3O4S. The summed E-state index contributed by atoms with van der Waals surface area (Å²) in [5, 5.41) is 2.70. The first-order valence-corrected chi connectivity index (χ1v) is 14.9. The number of hydrogen-bond acceptors (Lipinski definition) is 4. The molecule has 1 N–H and O–H groups in total. The topological polar surface area (TPSA) is 86.8 Å². The minimum Gasteiger partial charge on any atom is -0.354 e. The number of nitrogens with one attached hydrogen (secondary N) is 1. The Kier molecular flexibility index (Phi) is 11.8. The summed E-state index contributed by atoms with van der Waals surface area (Å²) in [6.45, 7) is 2.94. The van der Waals surface area contributed by atoms with Crippen molar-refractivity contribution in [3.63, 3.8) is 0 Å². The van der Waals surface area contributed by atoms with Gasteiger partial charge in [-0.3, -0.25) is 13.9 Å². The largest absolute Gasteiger partial charge is 0.417 e. The van der Waals surface area contributed by atoms with Gasteiger partial charge in [0.25, 0.3) is 0 Å². The molecule has 0 aliphatic carbocycles. The van der Waals surface area contributed by atoms with Crippen molar-refractivity contribution in [3.8, 4) is 0 Å². The average molecular weight is 631 g/mol. The van der Waals surface area contributed by atoms with Crippen LogP contribution in [0.1, 0.15) is 44.2 Å². The molecule has 0 unspecified atom stereocenters. The maximum atomic E-state index is 13.7. The van der Waals surface area contributed by atoms with Gasteiger partial charge in [0, 0.05) is 23.1 Å². The fraction of sp³-hybridized carbons (Fsp3) is 0.440. The van der Waals surface area contributed by atoms with Crippen LogP contribution < -0.4 is 9.62 Å². The third kappa shape index (κ3) is 9.16. The van der Waals surface area contributed by atoms with Crippen LogP contribution in [0.5, 0.6) is 0 Å². The molecule has 14 heteroatoms. The van der Waals surface area contributed by atoms with Crippen molar-refractivity contribution >= 4 is 62.3 Å². The minimum absolute atomic E-state index is 0.174. The molecule has 0 aliphatic heterocycles. The number of carbonyl (C=O) groups excluding carboxylic acids is 2. The summed E-state index contributed by atoms with van der Waals surface area (Å²) in [6.07, 6.45) is -2.39. The van der Waals surface area contributed by atoms with E-state index in [0.717, 1.165) is 29.7 Å². The quantitative estimate of drug-likeness (QED) is 0.285. The zero-order valence-corrected chi connectivity index (χ0v) is 24.6. The second-order valence-corrected chi connectivity index (χ2v) is 11.9. The molecule has 39 heavy (non-hydrogen) atoms. The van der Waals surface area contributed by atoms with Crippen molar-refractivity contribution in [3.05, 3.63) is 62.6 Å². The fourth-order valence-electron chi connectivity index (χ4n) is 3.76. The van der Waals surface area contributed by atoms with E-state index in [1.165, 1.54) is 6.07 Å². The molecule has 2 rings (SSSR count). The zero-order valence-electron chi connectivity index (χ0n) is 21.5. The van der Waals surface area contributed by atoms with E-state index in [4.69, 9.17) is 34.8 Å². The molecule has 2 aromatic rings. The lowest BCUT2D eigenvalue weighted by molar-refractivity contribution is -0.140. The Morgan fingerprint density at radius 2 is 1.69 bits per heavy atom. The van der Waals surface area contributed by atoms with Gasteiger partial charge in [-0.25, -0.2) is 8.42 Å². The molecular weight excluding hydrogens is 602 g/mol. The Bertz CT molecular complexity index is 1290. The van der Waals surface area contributed by atoms with E-state index in [2.05, 4.69) is 5.32 Å². The van der Waals surface area contributed by atoms with Crippen LogP contribution in [-0.2, 0) is 32.3 Å². The lowest BCUT2D eigenvalue weighted by atomic mass is 10.1. The lowest BCUT2D eigenvalue weighted by Gasteiger charge is -2.33. The second-order valence-electron chi connectivity index (χ2n) is 8.76. The number of alkyl halides is 3. The van der Waals surface area contributed by atoms with Gasteiger partial charge in [0.1, 0.15) is 12.6 Å².